The van der Waals surface area contributed by atoms with Crippen LogP contribution in [0.15, 0.2) is 17.0 Å². The van der Waals surface area contributed by atoms with Crippen LogP contribution in [0.1, 0.15) is 10.4 Å². The van der Waals surface area contributed by atoms with Crippen LogP contribution in [0.4, 0.5) is 0 Å². The minimum Gasteiger partial charge on any atom is -0.478 e. The van der Waals surface area contributed by atoms with Crippen LogP contribution in [-0.4, -0.2) is 42.3 Å². The summed E-state index contributed by atoms with van der Waals surface area (Å²) in [5.74, 6) is -1.23. The average molecular weight is 360 g/mol. The lowest BCUT2D eigenvalue weighted by Crippen LogP contribution is -2.28. The molecule has 10 heteroatoms. The Kier molecular flexibility index (Phi) is 5.96. The average Bonchev–Trinajstić information content (AvgIpc) is 2.26. The Hall–Kier alpha value is -0.670. The Morgan fingerprint density at radius 2 is 1.95 bits per heavy atom. The van der Waals surface area contributed by atoms with Crippen LogP contribution >= 0.6 is 23.2 Å². The highest BCUT2D eigenvalue weighted by molar-refractivity contribution is 7.89. The molecule has 1 rings (SSSR count). The molecule has 6 nitrogen and oxygen atoms in total. The molecule has 0 fully saturated rings. The van der Waals surface area contributed by atoms with Gasteiger partial charge in [-0.25, -0.2) is 17.9 Å². The molecule has 0 bridgehead atoms. The van der Waals surface area contributed by atoms with Crippen LogP contribution < -0.4 is 4.72 Å². The molecule has 0 amide bonds. The van der Waals surface area contributed by atoms with Gasteiger partial charge in [0.2, 0.25) is 10.0 Å². The maximum atomic E-state index is 12.0. The third-order valence-corrected chi connectivity index (χ3v) is 5.24. The Labute approximate surface area is 128 Å². The van der Waals surface area contributed by atoms with E-state index in [0.29, 0.717) is 0 Å². The highest BCUT2D eigenvalue weighted by Gasteiger charge is 2.22. The van der Waals surface area contributed by atoms with Crippen LogP contribution in [0.2, 0.25) is 10.0 Å². The molecule has 1 aromatic rings. The van der Waals surface area contributed by atoms with E-state index in [0.717, 1.165) is 12.1 Å². The van der Waals surface area contributed by atoms with E-state index < -0.39 is 26.8 Å². The van der Waals surface area contributed by atoms with E-state index in [9.17, 15) is 17.4 Å². The third-order valence-electron chi connectivity index (χ3n) is 2.22. The largest absolute Gasteiger partial charge is 0.478 e. The first-order valence-corrected chi connectivity index (χ1v) is 9.14. The smallest absolute Gasteiger partial charge is 0.337 e. The topological polar surface area (TPSA) is 101 Å². The Balaban J connectivity index is 3.14. The Morgan fingerprint density at radius 3 is 2.45 bits per heavy atom. The Bertz CT molecular complexity index is 660. The van der Waals surface area contributed by atoms with Crippen molar-refractivity contribution >= 4 is 50.0 Å². The number of hydrogen-bond donors (Lipinski definition) is 2. The standard InChI is InChI=1S/C10H11Cl2NO5S2/c1-19(16)3-2-13-20(17,18)9-4-6(10(14)15)7(11)5-8(9)12/h4-5,13H,2-3H2,1H3,(H,14,15). The number of carboxylic acid groups (broad SMARTS) is 1. The summed E-state index contributed by atoms with van der Waals surface area (Å²) in [4.78, 5) is 10.5. The van der Waals surface area contributed by atoms with Crippen molar-refractivity contribution in [3.8, 4) is 0 Å². The lowest BCUT2D eigenvalue weighted by molar-refractivity contribution is 0.0697. The molecule has 0 saturated heterocycles. The molecule has 20 heavy (non-hydrogen) atoms. The van der Waals surface area contributed by atoms with Crippen LogP contribution in [-0.2, 0) is 20.8 Å². The number of carbonyl (C=O) groups is 1. The highest BCUT2D eigenvalue weighted by atomic mass is 35.5. The Morgan fingerprint density at radius 1 is 1.35 bits per heavy atom. The zero-order valence-electron chi connectivity index (χ0n) is 10.2. The summed E-state index contributed by atoms with van der Waals surface area (Å²) in [6.07, 6.45) is 1.44. The molecule has 1 aromatic carbocycles. The van der Waals surface area contributed by atoms with Crippen molar-refractivity contribution in [3.63, 3.8) is 0 Å². The summed E-state index contributed by atoms with van der Waals surface area (Å²) in [6, 6.07) is 1.94. The predicted octanol–water partition coefficient (Wildman–Crippen LogP) is 1.35. The van der Waals surface area contributed by atoms with Gasteiger partial charge in [-0.15, -0.1) is 0 Å². The second-order valence-corrected chi connectivity index (χ2v) is 7.85. The number of hydrogen-bond acceptors (Lipinski definition) is 4. The van der Waals surface area contributed by atoms with Crippen molar-refractivity contribution in [2.24, 2.45) is 0 Å². The summed E-state index contributed by atoms with van der Waals surface area (Å²) in [6.45, 7) is -0.0488. The molecule has 0 aliphatic rings. The molecule has 1 unspecified atom stereocenters. The zero-order valence-corrected chi connectivity index (χ0v) is 13.4. The first kappa shape index (κ1) is 17.4. The maximum Gasteiger partial charge on any atom is 0.337 e. The lowest BCUT2D eigenvalue weighted by atomic mass is 10.2. The van der Waals surface area contributed by atoms with Crippen molar-refractivity contribution in [1.29, 1.82) is 0 Å². The van der Waals surface area contributed by atoms with Gasteiger partial charge in [0.05, 0.1) is 15.6 Å². The molecule has 0 aromatic heterocycles. The molecule has 0 aliphatic carbocycles. The van der Waals surface area contributed by atoms with E-state index >= 15 is 0 Å². The van der Waals surface area contributed by atoms with Crippen molar-refractivity contribution < 1.29 is 22.5 Å². The van der Waals surface area contributed by atoms with Crippen molar-refractivity contribution in [1.82, 2.24) is 4.72 Å². The lowest BCUT2D eigenvalue weighted by Gasteiger charge is -2.09. The molecular formula is C10H11Cl2NO5S2. The van der Waals surface area contributed by atoms with Gasteiger partial charge < -0.3 is 5.11 Å². The van der Waals surface area contributed by atoms with Crippen molar-refractivity contribution in [2.45, 2.75) is 4.90 Å². The molecule has 2 N–H and O–H groups in total. The number of halogens is 2. The minimum atomic E-state index is -4.00. The van der Waals surface area contributed by atoms with Crippen LogP contribution in [0, 0.1) is 0 Å². The second kappa shape index (κ2) is 6.86. The molecule has 0 spiro atoms. The SMILES string of the molecule is CS(=O)CCNS(=O)(=O)c1cc(C(=O)O)c(Cl)cc1Cl. The summed E-state index contributed by atoms with van der Waals surface area (Å²) in [5, 5.41) is 8.57. The monoisotopic (exact) mass is 359 g/mol. The summed E-state index contributed by atoms with van der Waals surface area (Å²) in [7, 11) is -5.15. The fourth-order valence-corrected chi connectivity index (χ4v) is 3.70. The number of aromatic carboxylic acids is 1. The van der Waals surface area contributed by atoms with Gasteiger partial charge >= 0.3 is 5.97 Å². The molecule has 0 aliphatic heterocycles. The first-order chi connectivity index (χ1) is 9.15. The zero-order chi connectivity index (χ0) is 15.5. The fraction of sp³-hybridized carbons (Fsp3) is 0.300. The van der Waals surface area contributed by atoms with Gasteiger partial charge in [0.15, 0.2) is 0 Å². The minimum absolute atomic E-state index is 0.0488. The van der Waals surface area contributed by atoms with Gasteiger partial charge in [0.1, 0.15) is 4.90 Å². The number of nitrogens with one attached hydrogen (secondary N) is 1. The van der Waals surface area contributed by atoms with Gasteiger partial charge in [-0.05, 0) is 12.1 Å². The van der Waals surface area contributed by atoms with E-state index in [1.807, 2.05) is 0 Å². The number of carboxylic acids is 1. The molecule has 0 saturated carbocycles. The first-order valence-electron chi connectivity index (χ1n) is 5.17. The normalized spacial score (nSPS) is 13.2. The van der Waals surface area contributed by atoms with Crippen LogP contribution in [0.3, 0.4) is 0 Å². The van der Waals surface area contributed by atoms with Crippen LogP contribution in [0.25, 0.3) is 0 Å². The van der Waals surface area contributed by atoms with E-state index in [-0.39, 0.29) is 32.8 Å². The van der Waals surface area contributed by atoms with E-state index in [4.69, 9.17) is 28.3 Å². The highest BCUT2D eigenvalue weighted by Crippen LogP contribution is 2.28. The molecule has 0 heterocycles. The van der Waals surface area contributed by atoms with Gasteiger partial charge in [-0.1, -0.05) is 23.2 Å². The second-order valence-electron chi connectivity index (χ2n) is 3.74. The molecule has 0 radical (unpaired) electrons. The van der Waals surface area contributed by atoms with Crippen molar-refractivity contribution in [3.05, 3.63) is 27.7 Å². The van der Waals surface area contributed by atoms with E-state index in [1.54, 1.807) is 0 Å². The van der Waals surface area contributed by atoms with Gasteiger partial charge in [-0.3, -0.25) is 4.21 Å². The maximum absolute atomic E-state index is 12.0. The summed E-state index contributed by atoms with van der Waals surface area (Å²) < 4.78 is 37.0. The molecule has 1 atom stereocenters. The van der Waals surface area contributed by atoms with Gasteiger partial charge in [0.25, 0.3) is 0 Å². The van der Waals surface area contributed by atoms with Gasteiger partial charge in [-0.2, -0.15) is 0 Å². The van der Waals surface area contributed by atoms with Crippen molar-refractivity contribution in [2.75, 3.05) is 18.6 Å². The number of benzene rings is 1. The van der Waals surface area contributed by atoms with E-state index in [2.05, 4.69) is 4.72 Å². The predicted molar refractivity (Wildman–Crippen MR) is 77.5 cm³/mol. The third kappa shape index (κ3) is 4.42. The summed E-state index contributed by atoms with van der Waals surface area (Å²) in [5.41, 5.74) is -0.365. The van der Waals surface area contributed by atoms with Crippen LogP contribution in [0.5, 0.6) is 0 Å². The fourth-order valence-electron chi connectivity index (χ4n) is 1.30. The quantitative estimate of drug-likeness (QED) is 0.798. The van der Waals surface area contributed by atoms with Gasteiger partial charge in [0, 0.05) is 29.4 Å². The number of rotatable bonds is 6. The number of sulfonamides is 1. The summed E-state index contributed by atoms with van der Waals surface area (Å²) >= 11 is 11.4. The van der Waals surface area contributed by atoms with E-state index in [1.165, 1.54) is 6.26 Å². The molecular weight excluding hydrogens is 349 g/mol. The molecule has 112 valence electrons.